The van der Waals surface area contributed by atoms with Crippen LogP contribution in [0.1, 0.15) is 15.9 Å². The molecular weight excluding hydrogens is 310 g/mol. The van der Waals surface area contributed by atoms with Crippen LogP contribution in [0.2, 0.25) is 0 Å². The molecule has 2 aromatic rings. The highest BCUT2D eigenvalue weighted by Gasteiger charge is 2.11. The smallest absolute Gasteiger partial charge is 0.266 e. The molecule has 0 aliphatic rings. The van der Waals surface area contributed by atoms with Gasteiger partial charge in [-0.05, 0) is 52.7 Å². The highest BCUT2D eigenvalue weighted by atomic mass is 32.1. The molecule has 0 bridgehead atoms. The first-order chi connectivity index (χ1) is 11.0. The number of hydrogen-bond acceptors (Lipinski definition) is 4. The van der Waals surface area contributed by atoms with E-state index in [9.17, 15) is 9.59 Å². The number of nitriles is 1. The van der Waals surface area contributed by atoms with Gasteiger partial charge in [0.05, 0.1) is 0 Å². The Morgan fingerprint density at radius 2 is 1.91 bits per heavy atom. The minimum absolute atomic E-state index is 0.0249. The molecule has 6 heteroatoms. The van der Waals surface area contributed by atoms with E-state index >= 15 is 0 Å². The van der Waals surface area contributed by atoms with Crippen molar-refractivity contribution < 1.29 is 9.59 Å². The first kappa shape index (κ1) is 16.5. The summed E-state index contributed by atoms with van der Waals surface area (Å²) in [6.45, 7) is 0. The zero-order valence-corrected chi connectivity index (χ0v) is 13.6. The van der Waals surface area contributed by atoms with Crippen LogP contribution in [0, 0.1) is 11.3 Å². The van der Waals surface area contributed by atoms with Gasteiger partial charge in [0, 0.05) is 25.3 Å². The van der Waals surface area contributed by atoms with Gasteiger partial charge in [-0.25, -0.2) is 0 Å². The van der Waals surface area contributed by atoms with E-state index in [1.54, 1.807) is 38.4 Å². The summed E-state index contributed by atoms with van der Waals surface area (Å²) in [6, 6.07) is 10.3. The number of carbonyl (C=O) groups is 2. The third-order valence-corrected chi connectivity index (χ3v) is 3.72. The molecule has 0 atom stereocenters. The van der Waals surface area contributed by atoms with Crippen molar-refractivity contribution in [3.8, 4) is 6.07 Å². The van der Waals surface area contributed by atoms with Gasteiger partial charge in [0.25, 0.3) is 11.8 Å². The van der Waals surface area contributed by atoms with Crippen LogP contribution < -0.4 is 5.32 Å². The Bertz CT molecular complexity index is 769. The van der Waals surface area contributed by atoms with E-state index in [1.807, 2.05) is 22.9 Å². The van der Waals surface area contributed by atoms with Crippen molar-refractivity contribution in [2.45, 2.75) is 0 Å². The zero-order chi connectivity index (χ0) is 16.8. The zero-order valence-electron chi connectivity index (χ0n) is 12.7. The molecule has 2 rings (SSSR count). The lowest BCUT2D eigenvalue weighted by atomic mass is 10.1. The monoisotopic (exact) mass is 325 g/mol. The van der Waals surface area contributed by atoms with E-state index in [0.29, 0.717) is 11.3 Å². The van der Waals surface area contributed by atoms with Gasteiger partial charge in [0.1, 0.15) is 11.6 Å². The Labute approximate surface area is 138 Å². The maximum absolute atomic E-state index is 12.1. The number of nitrogens with one attached hydrogen (secondary N) is 1. The number of amides is 2. The van der Waals surface area contributed by atoms with Gasteiger partial charge in [-0.2, -0.15) is 16.6 Å². The Hall–Kier alpha value is -2.91. The summed E-state index contributed by atoms with van der Waals surface area (Å²) < 4.78 is 0. The fraction of sp³-hybridized carbons (Fsp3) is 0.118. The van der Waals surface area contributed by atoms with Gasteiger partial charge in [-0.1, -0.05) is 0 Å². The maximum Gasteiger partial charge on any atom is 0.266 e. The van der Waals surface area contributed by atoms with Crippen molar-refractivity contribution in [1.82, 2.24) is 4.90 Å². The van der Waals surface area contributed by atoms with Gasteiger partial charge in [0.15, 0.2) is 0 Å². The summed E-state index contributed by atoms with van der Waals surface area (Å²) in [5.41, 5.74) is 1.89. The van der Waals surface area contributed by atoms with Gasteiger partial charge < -0.3 is 10.2 Å². The summed E-state index contributed by atoms with van der Waals surface area (Å²) in [6.07, 6.45) is 1.54. The molecule has 2 amide bonds. The van der Waals surface area contributed by atoms with Gasteiger partial charge >= 0.3 is 0 Å². The average Bonchev–Trinajstić information content (AvgIpc) is 3.05. The molecule has 0 fully saturated rings. The van der Waals surface area contributed by atoms with Crippen molar-refractivity contribution in [2.24, 2.45) is 0 Å². The third kappa shape index (κ3) is 4.28. The van der Waals surface area contributed by atoms with E-state index in [-0.39, 0.29) is 11.5 Å². The number of thiophene rings is 1. The molecule has 1 aromatic carbocycles. The predicted octanol–water partition coefficient (Wildman–Crippen LogP) is 3.00. The lowest BCUT2D eigenvalue weighted by Crippen LogP contribution is -2.21. The number of carbonyl (C=O) groups excluding carboxylic acids is 2. The van der Waals surface area contributed by atoms with E-state index in [0.717, 1.165) is 5.56 Å². The Morgan fingerprint density at radius 1 is 1.22 bits per heavy atom. The summed E-state index contributed by atoms with van der Waals surface area (Å²) in [7, 11) is 3.35. The van der Waals surface area contributed by atoms with Crippen molar-refractivity contribution in [3.05, 3.63) is 57.8 Å². The lowest BCUT2D eigenvalue weighted by Gasteiger charge is -2.10. The summed E-state index contributed by atoms with van der Waals surface area (Å²) in [5.74, 6) is -0.594. The van der Waals surface area contributed by atoms with Crippen LogP contribution in [-0.4, -0.2) is 30.8 Å². The van der Waals surface area contributed by atoms with Crippen LogP contribution in [0.5, 0.6) is 0 Å². The minimum Gasteiger partial charge on any atom is -0.345 e. The second kappa shape index (κ2) is 7.38. The van der Waals surface area contributed by atoms with Gasteiger partial charge in [0.2, 0.25) is 0 Å². The highest BCUT2D eigenvalue weighted by molar-refractivity contribution is 7.08. The fourth-order valence-corrected chi connectivity index (χ4v) is 2.44. The topological polar surface area (TPSA) is 73.2 Å². The molecule has 0 saturated carbocycles. The molecular formula is C17H15N3O2S. The van der Waals surface area contributed by atoms with Crippen LogP contribution in [0.3, 0.4) is 0 Å². The van der Waals surface area contributed by atoms with Crippen LogP contribution in [0.4, 0.5) is 5.69 Å². The molecule has 1 aromatic heterocycles. The number of hydrogen-bond donors (Lipinski definition) is 1. The van der Waals surface area contributed by atoms with Crippen LogP contribution >= 0.6 is 11.3 Å². The minimum atomic E-state index is -0.481. The molecule has 0 spiro atoms. The largest absolute Gasteiger partial charge is 0.345 e. The average molecular weight is 325 g/mol. The predicted molar refractivity (Wildman–Crippen MR) is 91.0 cm³/mol. The standard InChI is InChI=1S/C17H15N3O2S/c1-20(2)17(22)13-3-5-15(6-4-13)19-16(21)14(10-18)9-12-7-8-23-11-12/h3-9,11H,1-2H3,(H,19,21)/b14-9+. The third-order valence-electron chi connectivity index (χ3n) is 3.02. The number of anilines is 1. The molecule has 0 saturated heterocycles. The Balaban J connectivity index is 2.11. The number of benzene rings is 1. The second-order valence-electron chi connectivity index (χ2n) is 4.96. The number of nitrogens with zero attached hydrogens (tertiary/aromatic N) is 2. The summed E-state index contributed by atoms with van der Waals surface area (Å²) >= 11 is 1.49. The van der Waals surface area contributed by atoms with Crippen LogP contribution in [-0.2, 0) is 4.79 Å². The van der Waals surface area contributed by atoms with Gasteiger partial charge in [-0.15, -0.1) is 0 Å². The molecule has 1 N–H and O–H groups in total. The van der Waals surface area contributed by atoms with Gasteiger partial charge in [-0.3, -0.25) is 9.59 Å². The normalized spacial score (nSPS) is 10.7. The van der Waals surface area contributed by atoms with Crippen LogP contribution in [0.25, 0.3) is 6.08 Å². The summed E-state index contributed by atoms with van der Waals surface area (Å²) in [5, 5.41) is 15.5. The second-order valence-corrected chi connectivity index (χ2v) is 5.74. The van der Waals surface area contributed by atoms with Crippen molar-refractivity contribution >= 4 is 34.9 Å². The fourth-order valence-electron chi connectivity index (χ4n) is 1.83. The molecule has 0 aliphatic carbocycles. The Morgan fingerprint density at radius 3 is 2.43 bits per heavy atom. The maximum atomic E-state index is 12.1. The molecule has 0 radical (unpaired) electrons. The Kier molecular flexibility index (Phi) is 5.28. The van der Waals surface area contributed by atoms with Crippen LogP contribution in [0.15, 0.2) is 46.7 Å². The van der Waals surface area contributed by atoms with E-state index in [4.69, 9.17) is 5.26 Å². The molecule has 116 valence electrons. The highest BCUT2D eigenvalue weighted by Crippen LogP contribution is 2.14. The molecule has 0 unspecified atom stereocenters. The SMILES string of the molecule is CN(C)C(=O)c1ccc(NC(=O)/C(C#N)=C/c2ccsc2)cc1. The molecule has 5 nitrogen and oxygen atoms in total. The van der Waals surface area contributed by atoms with E-state index < -0.39 is 5.91 Å². The number of rotatable bonds is 4. The van der Waals surface area contributed by atoms with E-state index in [2.05, 4.69) is 5.32 Å². The van der Waals surface area contributed by atoms with E-state index in [1.165, 1.54) is 22.3 Å². The molecule has 23 heavy (non-hydrogen) atoms. The van der Waals surface area contributed by atoms with Crippen molar-refractivity contribution in [3.63, 3.8) is 0 Å². The first-order valence-corrected chi connectivity index (χ1v) is 7.72. The molecule has 1 heterocycles. The quantitative estimate of drug-likeness (QED) is 0.694. The first-order valence-electron chi connectivity index (χ1n) is 6.78. The molecule has 0 aliphatic heterocycles. The summed E-state index contributed by atoms with van der Waals surface area (Å²) in [4.78, 5) is 25.4. The van der Waals surface area contributed by atoms with Crippen molar-refractivity contribution in [2.75, 3.05) is 19.4 Å². The lowest BCUT2D eigenvalue weighted by molar-refractivity contribution is -0.112. The van der Waals surface area contributed by atoms with Crippen molar-refractivity contribution in [1.29, 1.82) is 5.26 Å².